The Kier molecular flexibility index (Phi) is 4.74. The maximum Gasteiger partial charge on any atom is 0.237 e. The number of nitrogens with zero attached hydrogens (tertiary/aromatic N) is 4. The Morgan fingerprint density at radius 2 is 2.07 bits per heavy atom. The van der Waals surface area contributed by atoms with Gasteiger partial charge in [-0.25, -0.2) is 9.97 Å². The maximum atomic E-state index is 5.47. The van der Waals surface area contributed by atoms with Crippen molar-refractivity contribution in [3.8, 4) is 17.1 Å². The molecule has 5 rings (SSSR count). The van der Waals surface area contributed by atoms with E-state index in [1.54, 1.807) is 25.2 Å². The van der Waals surface area contributed by atoms with Gasteiger partial charge in [-0.3, -0.25) is 0 Å². The molecule has 3 heterocycles. The second-order valence-electron chi connectivity index (χ2n) is 6.57. The van der Waals surface area contributed by atoms with Crippen LogP contribution in [0.15, 0.2) is 40.1 Å². The van der Waals surface area contributed by atoms with Gasteiger partial charge in [0, 0.05) is 10.3 Å². The van der Waals surface area contributed by atoms with Crippen molar-refractivity contribution in [2.75, 3.05) is 7.11 Å². The van der Waals surface area contributed by atoms with E-state index < -0.39 is 0 Å². The van der Waals surface area contributed by atoms with Crippen LogP contribution in [0.25, 0.3) is 21.6 Å². The molecule has 3 aromatic heterocycles. The molecular weight excluding hydrogens is 392 g/mol. The standard InChI is InChI=1S/C20H18N4O2S2/c1-25-14-8-4-2-6-12(14)18-23-16(26-24-18)10-27-19-17-13-7-3-5-9-15(13)28-20(17)22-11-21-19/h2,4,6,8,11H,3,5,7,9-10H2,1H3. The van der Waals surface area contributed by atoms with Crippen molar-refractivity contribution >= 4 is 33.3 Å². The van der Waals surface area contributed by atoms with E-state index in [1.807, 2.05) is 35.6 Å². The summed E-state index contributed by atoms with van der Waals surface area (Å²) in [7, 11) is 1.64. The topological polar surface area (TPSA) is 73.9 Å². The highest BCUT2D eigenvalue weighted by Gasteiger charge is 2.21. The maximum absolute atomic E-state index is 5.47. The summed E-state index contributed by atoms with van der Waals surface area (Å²) < 4.78 is 10.9. The molecule has 0 fully saturated rings. The molecule has 0 unspecified atom stereocenters. The summed E-state index contributed by atoms with van der Waals surface area (Å²) in [6.07, 6.45) is 6.44. The van der Waals surface area contributed by atoms with Crippen molar-refractivity contribution in [2.45, 2.75) is 36.5 Å². The second-order valence-corrected chi connectivity index (χ2v) is 8.62. The Labute approximate surface area is 170 Å². The van der Waals surface area contributed by atoms with E-state index in [1.165, 1.54) is 28.7 Å². The lowest BCUT2D eigenvalue weighted by molar-refractivity contribution is 0.390. The molecule has 142 valence electrons. The van der Waals surface area contributed by atoms with E-state index in [-0.39, 0.29) is 0 Å². The Morgan fingerprint density at radius 3 is 3.00 bits per heavy atom. The van der Waals surface area contributed by atoms with Gasteiger partial charge in [0.15, 0.2) is 0 Å². The third-order valence-electron chi connectivity index (χ3n) is 4.86. The molecule has 0 amide bonds. The number of thiophene rings is 1. The minimum atomic E-state index is 0.536. The minimum Gasteiger partial charge on any atom is -0.496 e. The highest BCUT2D eigenvalue weighted by Crippen LogP contribution is 2.39. The summed E-state index contributed by atoms with van der Waals surface area (Å²) in [5, 5.41) is 6.34. The van der Waals surface area contributed by atoms with Crippen LogP contribution in [0.2, 0.25) is 0 Å². The van der Waals surface area contributed by atoms with Gasteiger partial charge in [0.1, 0.15) is 21.9 Å². The summed E-state index contributed by atoms with van der Waals surface area (Å²) in [6, 6.07) is 7.66. The van der Waals surface area contributed by atoms with Crippen molar-refractivity contribution in [1.29, 1.82) is 0 Å². The van der Waals surface area contributed by atoms with Crippen molar-refractivity contribution in [3.05, 3.63) is 46.9 Å². The average Bonchev–Trinajstić information content (AvgIpc) is 3.37. The van der Waals surface area contributed by atoms with Crippen molar-refractivity contribution in [3.63, 3.8) is 0 Å². The second kappa shape index (κ2) is 7.52. The molecule has 6 nitrogen and oxygen atoms in total. The number of ether oxygens (including phenoxy) is 1. The van der Waals surface area contributed by atoms with Gasteiger partial charge in [0.2, 0.25) is 11.7 Å². The van der Waals surface area contributed by atoms with Crippen LogP contribution in [0.5, 0.6) is 5.75 Å². The Bertz CT molecular complexity index is 1140. The summed E-state index contributed by atoms with van der Waals surface area (Å²) >= 11 is 3.44. The van der Waals surface area contributed by atoms with Crippen LogP contribution in [0.1, 0.15) is 29.2 Å². The lowest BCUT2D eigenvalue weighted by atomic mass is 9.97. The first-order valence-electron chi connectivity index (χ1n) is 9.17. The van der Waals surface area contributed by atoms with E-state index in [0.717, 1.165) is 34.0 Å². The number of aryl methyl sites for hydroxylation is 2. The van der Waals surface area contributed by atoms with E-state index in [2.05, 4.69) is 20.1 Å². The summed E-state index contributed by atoms with van der Waals surface area (Å²) in [5.74, 6) is 2.40. The number of fused-ring (bicyclic) bond motifs is 3. The molecule has 28 heavy (non-hydrogen) atoms. The lowest BCUT2D eigenvalue weighted by Gasteiger charge is -2.11. The zero-order valence-electron chi connectivity index (χ0n) is 15.3. The number of methoxy groups -OCH3 is 1. The SMILES string of the molecule is COc1ccccc1-c1noc(CSc2ncnc3sc4c(c23)CCCC4)n1. The van der Waals surface area contributed by atoms with Crippen LogP contribution in [-0.4, -0.2) is 27.2 Å². The molecule has 0 saturated heterocycles. The van der Waals surface area contributed by atoms with Crippen LogP contribution >= 0.6 is 23.1 Å². The summed E-state index contributed by atoms with van der Waals surface area (Å²) in [5.41, 5.74) is 2.26. The van der Waals surface area contributed by atoms with Gasteiger partial charge in [-0.2, -0.15) is 4.98 Å². The Balaban J connectivity index is 1.40. The van der Waals surface area contributed by atoms with Crippen LogP contribution < -0.4 is 4.74 Å². The van der Waals surface area contributed by atoms with Gasteiger partial charge in [-0.1, -0.05) is 29.1 Å². The molecular formula is C20H18N4O2S2. The van der Waals surface area contributed by atoms with Crippen molar-refractivity contribution in [1.82, 2.24) is 20.1 Å². The fourth-order valence-corrected chi connectivity index (χ4v) is 5.71. The van der Waals surface area contributed by atoms with E-state index in [0.29, 0.717) is 17.5 Å². The first kappa shape index (κ1) is 17.6. The molecule has 0 spiro atoms. The number of aromatic nitrogens is 4. The predicted molar refractivity (Wildman–Crippen MR) is 110 cm³/mol. The van der Waals surface area contributed by atoms with Crippen molar-refractivity contribution < 1.29 is 9.26 Å². The third-order valence-corrected chi connectivity index (χ3v) is 7.04. The molecule has 8 heteroatoms. The molecule has 0 aliphatic heterocycles. The molecule has 1 aromatic carbocycles. The molecule has 4 aromatic rings. The van der Waals surface area contributed by atoms with Gasteiger partial charge in [0.25, 0.3) is 0 Å². The first-order valence-corrected chi connectivity index (χ1v) is 11.0. The zero-order valence-corrected chi connectivity index (χ0v) is 17.0. The number of hydrogen-bond acceptors (Lipinski definition) is 8. The predicted octanol–water partition coefficient (Wildman–Crippen LogP) is 4.92. The van der Waals surface area contributed by atoms with Crippen molar-refractivity contribution in [2.24, 2.45) is 0 Å². The zero-order chi connectivity index (χ0) is 18.9. The number of benzene rings is 1. The molecule has 0 radical (unpaired) electrons. The average molecular weight is 411 g/mol. The third kappa shape index (κ3) is 3.16. The number of hydrogen-bond donors (Lipinski definition) is 0. The van der Waals surface area contributed by atoms with Gasteiger partial charge >= 0.3 is 0 Å². The van der Waals surface area contributed by atoms with Gasteiger partial charge in [-0.15, -0.1) is 11.3 Å². The highest BCUT2D eigenvalue weighted by molar-refractivity contribution is 7.98. The van der Waals surface area contributed by atoms with Crippen LogP contribution in [0.4, 0.5) is 0 Å². The molecule has 1 aliphatic carbocycles. The molecule has 0 N–H and O–H groups in total. The highest BCUT2D eigenvalue weighted by atomic mass is 32.2. The smallest absolute Gasteiger partial charge is 0.237 e. The quantitative estimate of drug-likeness (QED) is 0.341. The van der Waals surface area contributed by atoms with Crippen LogP contribution in [0.3, 0.4) is 0 Å². The van der Waals surface area contributed by atoms with Crippen LogP contribution in [-0.2, 0) is 18.6 Å². The Morgan fingerprint density at radius 1 is 1.18 bits per heavy atom. The number of thioether (sulfide) groups is 1. The summed E-state index contributed by atoms with van der Waals surface area (Å²) in [4.78, 5) is 16.1. The number of rotatable bonds is 5. The van der Waals surface area contributed by atoms with E-state index in [4.69, 9.17) is 9.26 Å². The fourth-order valence-electron chi connectivity index (χ4n) is 3.55. The van der Waals surface area contributed by atoms with Gasteiger partial charge in [0.05, 0.1) is 18.4 Å². The summed E-state index contributed by atoms with van der Waals surface area (Å²) in [6.45, 7) is 0. The molecule has 0 atom stereocenters. The van der Waals surface area contributed by atoms with E-state index >= 15 is 0 Å². The lowest BCUT2D eigenvalue weighted by Crippen LogP contribution is -1.99. The number of para-hydroxylation sites is 1. The molecule has 0 saturated carbocycles. The van der Waals surface area contributed by atoms with Gasteiger partial charge < -0.3 is 9.26 Å². The normalized spacial score (nSPS) is 13.6. The minimum absolute atomic E-state index is 0.536. The molecule has 0 bridgehead atoms. The van der Waals surface area contributed by atoms with E-state index in [9.17, 15) is 0 Å². The fraction of sp³-hybridized carbons (Fsp3) is 0.300. The van der Waals surface area contributed by atoms with Crippen LogP contribution in [0, 0.1) is 0 Å². The first-order chi connectivity index (χ1) is 13.8. The molecule has 1 aliphatic rings. The largest absolute Gasteiger partial charge is 0.496 e. The van der Waals surface area contributed by atoms with Gasteiger partial charge in [-0.05, 0) is 43.4 Å². The Hall–Kier alpha value is -2.45. The monoisotopic (exact) mass is 410 g/mol.